The van der Waals surface area contributed by atoms with Crippen LogP contribution in [0, 0.1) is 6.92 Å². The number of aromatic nitrogens is 4. The number of amides is 2. The molecular weight excluding hydrogens is 412 g/mol. The standard InChI is InChI=1S/C22H22N6O4/c1-13(2)31-22(30)24-12-19-26-20(27-32-19)15-8-7-14(3)16(10-15)25-21(29)17-11-23-18-6-4-5-9-28(17)18/h4-11,13H,12H2,1-3H3,(H,24,30)(H,25,29). The Morgan fingerprint density at radius 2 is 2.06 bits per heavy atom. The maximum absolute atomic E-state index is 12.8. The van der Waals surface area contributed by atoms with Gasteiger partial charge in [0.2, 0.25) is 11.7 Å². The van der Waals surface area contributed by atoms with E-state index in [-0.39, 0.29) is 24.4 Å². The number of hydrogen-bond donors (Lipinski definition) is 2. The molecule has 0 saturated heterocycles. The highest BCUT2D eigenvalue weighted by Crippen LogP contribution is 2.24. The first-order chi connectivity index (χ1) is 15.4. The number of carbonyl (C=O) groups is 2. The van der Waals surface area contributed by atoms with E-state index in [2.05, 4.69) is 25.8 Å². The molecule has 164 valence electrons. The normalized spacial score (nSPS) is 11.0. The number of pyridine rings is 1. The third-order valence-corrected chi connectivity index (χ3v) is 4.59. The topological polar surface area (TPSA) is 124 Å². The Kier molecular flexibility index (Phi) is 5.84. The number of ether oxygens (including phenoxy) is 1. The highest BCUT2D eigenvalue weighted by atomic mass is 16.6. The van der Waals surface area contributed by atoms with Crippen LogP contribution in [0.5, 0.6) is 0 Å². The van der Waals surface area contributed by atoms with Gasteiger partial charge in [-0.2, -0.15) is 4.98 Å². The SMILES string of the molecule is Cc1ccc(-c2noc(CNC(=O)OC(C)C)n2)cc1NC(=O)c1cnc2ccccn12. The monoisotopic (exact) mass is 434 g/mol. The van der Waals surface area contributed by atoms with Crippen molar-refractivity contribution in [1.29, 1.82) is 0 Å². The molecule has 0 saturated carbocycles. The molecule has 0 aliphatic carbocycles. The second-order valence-electron chi connectivity index (χ2n) is 7.38. The van der Waals surface area contributed by atoms with E-state index in [1.165, 1.54) is 6.20 Å². The fourth-order valence-corrected chi connectivity index (χ4v) is 3.03. The lowest BCUT2D eigenvalue weighted by Gasteiger charge is -2.09. The molecule has 0 radical (unpaired) electrons. The van der Waals surface area contributed by atoms with Gasteiger partial charge in [0.25, 0.3) is 5.91 Å². The van der Waals surface area contributed by atoms with Crippen molar-refractivity contribution in [3.05, 3.63) is 65.9 Å². The van der Waals surface area contributed by atoms with E-state index in [9.17, 15) is 9.59 Å². The summed E-state index contributed by atoms with van der Waals surface area (Å²) in [6.45, 7) is 5.45. The number of fused-ring (bicyclic) bond motifs is 1. The van der Waals surface area contributed by atoms with Crippen molar-refractivity contribution in [2.45, 2.75) is 33.4 Å². The first-order valence-corrected chi connectivity index (χ1v) is 10.0. The van der Waals surface area contributed by atoms with Gasteiger partial charge < -0.3 is 19.9 Å². The smallest absolute Gasteiger partial charge is 0.407 e. The van der Waals surface area contributed by atoms with Crippen LogP contribution in [0.25, 0.3) is 17.0 Å². The lowest BCUT2D eigenvalue weighted by molar-refractivity contribution is 0.102. The molecule has 4 rings (SSSR count). The molecule has 10 nitrogen and oxygen atoms in total. The average molecular weight is 434 g/mol. The number of hydrogen-bond acceptors (Lipinski definition) is 7. The second-order valence-corrected chi connectivity index (χ2v) is 7.38. The van der Waals surface area contributed by atoms with Crippen molar-refractivity contribution >= 4 is 23.3 Å². The van der Waals surface area contributed by atoms with E-state index >= 15 is 0 Å². The van der Waals surface area contributed by atoms with E-state index in [4.69, 9.17) is 9.26 Å². The van der Waals surface area contributed by atoms with Gasteiger partial charge in [-0.05, 0) is 44.5 Å². The van der Waals surface area contributed by atoms with E-state index in [0.29, 0.717) is 28.4 Å². The minimum absolute atomic E-state index is 0.0439. The molecule has 0 bridgehead atoms. The van der Waals surface area contributed by atoms with Crippen LogP contribution in [0.2, 0.25) is 0 Å². The van der Waals surface area contributed by atoms with Gasteiger partial charge in [-0.3, -0.25) is 9.20 Å². The molecule has 0 unspecified atom stereocenters. The van der Waals surface area contributed by atoms with Crippen molar-refractivity contribution in [1.82, 2.24) is 24.8 Å². The highest BCUT2D eigenvalue weighted by Gasteiger charge is 2.16. The summed E-state index contributed by atoms with van der Waals surface area (Å²) in [6, 6.07) is 11.0. The Bertz CT molecular complexity index is 1280. The third kappa shape index (κ3) is 4.59. The number of nitrogens with one attached hydrogen (secondary N) is 2. The lowest BCUT2D eigenvalue weighted by Crippen LogP contribution is -2.26. The molecule has 0 aliphatic heterocycles. The molecule has 32 heavy (non-hydrogen) atoms. The number of anilines is 1. The summed E-state index contributed by atoms with van der Waals surface area (Å²) in [7, 11) is 0. The fourth-order valence-electron chi connectivity index (χ4n) is 3.03. The zero-order valence-electron chi connectivity index (χ0n) is 17.8. The first-order valence-electron chi connectivity index (χ1n) is 10.0. The maximum Gasteiger partial charge on any atom is 0.407 e. The van der Waals surface area contributed by atoms with Gasteiger partial charge in [0.15, 0.2) is 0 Å². The van der Waals surface area contributed by atoms with Crippen LogP contribution in [0.1, 0.15) is 35.8 Å². The van der Waals surface area contributed by atoms with Crippen molar-refractivity contribution in [3.63, 3.8) is 0 Å². The second kappa shape index (κ2) is 8.88. The van der Waals surface area contributed by atoms with Gasteiger partial charge in [0, 0.05) is 17.4 Å². The molecular formula is C22H22N6O4. The van der Waals surface area contributed by atoms with Crippen molar-refractivity contribution in [2.75, 3.05) is 5.32 Å². The molecule has 3 heterocycles. The summed E-state index contributed by atoms with van der Waals surface area (Å²) in [5.74, 6) is 0.285. The zero-order valence-corrected chi connectivity index (χ0v) is 17.8. The summed E-state index contributed by atoms with van der Waals surface area (Å²) in [5, 5.41) is 9.43. The predicted molar refractivity (Wildman–Crippen MR) is 116 cm³/mol. The molecule has 10 heteroatoms. The molecule has 0 spiro atoms. The molecule has 2 N–H and O–H groups in total. The van der Waals surface area contributed by atoms with Gasteiger partial charge in [-0.25, -0.2) is 9.78 Å². The summed E-state index contributed by atoms with van der Waals surface area (Å²) in [6.07, 6.45) is 2.53. The minimum atomic E-state index is -0.563. The number of aryl methyl sites for hydroxylation is 1. The van der Waals surface area contributed by atoms with Crippen LogP contribution < -0.4 is 10.6 Å². The number of benzene rings is 1. The van der Waals surface area contributed by atoms with Gasteiger partial charge >= 0.3 is 6.09 Å². The number of nitrogens with zero attached hydrogens (tertiary/aromatic N) is 4. The van der Waals surface area contributed by atoms with Gasteiger partial charge in [-0.15, -0.1) is 0 Å². The van der Waals surface area contributed by atoms with Crippen LogP contribution in [0.15, 0.2) is 53.3 Å². The van der Waals surface area contributed by atoms with Gasteiger partial charge in [-0.1, -0.05) is 23.4 Å². The van der Waals surface area contributed by atoms with Crippen LogP contribution in [-0.4, -0.2) is 37.6 Å². The summed E-state index contributed by atoms with van der Waals surface area (Å²) in [4.78, 5) is 33.0. The molecule has 1 aromatic carbocycles. The van der Waals surface area contributed by atoms with Crippen molar-refractivity contribution in [2.24, 2.45) is 0 Å². The number of rotatable bonds is 6. The fraction of sp³-hybridized carbons (Fsp3) is 0.227. The Labute approximate surface area is 183 Å². The van der Waals surface area contributed by atoms with E-state index in [0.717, 1.165) is 5.56 Å². The summed E-state index contributed by atoms with van der Waals surface area (Å²) < 4.78 is 11.9. The number of imidazole rings is 1. The van der Waals surface area contributed by atoms with Gasteiger partial charge in [0.05, 0.1) is 12.3 Å². The summed E-state index contributed by atoms with van der Waals surface area (Å²) in [5.41, 5.74) is 3.25. The molecule has 0 aliphatic rings. The minimum Gasteiger partial charge on any atom is -0.447 e. The number of carbonyl (C=O) groups excluding carboxylic acids is 2. The van der Waals surface area contributed by atoms with E-state index in [1.54, 1.807) is 30.5 Å². The maximum atomic E-state index is 12.8. The van der Waals surface area contributed by atoms with Crippen LogP contribution in [-0.2, 0) is 11.3 Å². The Morgan fingerprint density at radius 1 is 1.22 bits per heavy atom. The van der Waals surface area contributed by atoms with Crippen molar-refractivity contribution < 1.29 is 18.8 Å². The zero-order chi connectivity index (χ0) is 22.7. The van der Waals surface area contributed by atoms with Gasteiger partial charge in [0.1, 0.15) is 17.9 Å². The average Bonchev–Trinajstić information content (AvgIpc) is 3.40. The van der Waals surface area contributed by atoms with E-state index in [1.807, 2.05) is 37.3 Å². The number of alkyl carbamates (subject to hydrolysis) is 1. The molecule has 2 amide bonds. The van der Waals surface area contributed by atoms with Crippen LogP contribution >= 0.6 is 0 Å². The molecule has 0 atom stereocenters. The Morgan fingerprint density at radius 3 is 2.88 bits per heavy atom. The lowest BCUT2D eigenvalue weighted by atomic mass is 10.1. The molecule has 3 aromatic heterocycles. The molecule has 0 fully saturated rings. The first kappa shape index (κ1) is 21.0. The Balaban J connectivity index is 1.49. The molecule has 4 aromatic rings. The van der Waals surface area contributed by atoms with Crippen LogP contribution in [0.3, 0.4) is 0 Å². The van der Waals surface area contributed by atoms with Crippen LogP contribution in [0.4, 0.5) is 10.5 Å². The quantitative estimate of drug-likeness (QED) is 0.475. The highest BCUT2D eigenvalue weighted by molar-refractivity contribution is 6.04. The van der Waals surface area contributed by atoms with Crippen molar-refractivity contribution in [3.8, 4) is 11.4 Å². The predicted octanol–water partition coefficient (Wildman–Crippen LogP) is 3.58. The largest absolute Gasteiger partial charge is 0.447 e. The Hall–Kier alpha value is -4.21. The summed E-state index contributed by atoms with van der Waals surface area (Å²) >= 11 is 0. The van der Waals surface area contributed by atoms with E-state index < -0.39 is 6.09 Å². The third-order valence-electron chi connectivity index (χ3n) is 4.59.